The van der Waals surface area contributed by atoms with Crippen LogP contribution < -0.4 is 0 Å². The van der Waals surface area contributed by atoms with Crippen LogP contribution in [0, 0.1) is 5.92 Å². The van der Waals surface area contributed by atoms with E-state index in [4.69, 9.17) is 0 Å². The number of amides is 1. The van der Waals surface area contributed by atoms with E-state index >= 15 is 0 Å². The maximum atomic E-state index is 12.1. The number of hydrogen-bond donors (Lipinski definition) is 1. The number of rotatable bonds is 3. The summed E-state index contributed by atoms with van der Waals surface area (Å²) in [4.78, 5) is 27.0. The highest BCUT2D eigenvalue weighted by atomic mass is 16.4. The van der Waals surface area contributed by atoms with Crippen LogP contribution in [-0.2, 0) is 9.59 Å². The summed E-state index contributed by atoms with van der Waals surface area (Å²) in [5, 5.41) is 9.24. The van der Waals surface area contributed by atoms with Crippen molar-refractivity contribution in [3.8, 4) is 0 Å². The van der Waals surface area contributed by atoms with Crippen LogP contribution in [0.1, 0.15) is 32.6 Å². The van der Waals surface area contributed by atoms with Crippen LogP contribution in [0.25, 0.3) is 0 Å². The van der Waals surface area contributed by atoms with Gasteiger partial charge in [0.2, 0.25) is 5.91 Å². The fourth-order valence-corrected chi connectivity index (χ4v) is 2.88. The zero-order chi connectivity index (χ0) is 13.1. The lowest BCUT2D eigenvalue weighted by Crippen LogP contribution is -2.50. The van der Waals surface area contributed by atoms with Gasteiger partial charge in [-0.05, 0) is 38.1 Å². The van der Waals surface area contributed by atoms with Gasteiger partial charge in [0.1, 0.15) is 6.04 Å². The molecule has 5 nitrogen and oxygen atoms in total. The van der Waals surface area contributed by atoms with Gasteiger partial charge >= 0.3 is 5.97 Å². The quantitative estimate of drug-likeness (QED) is 0.809. The summed E-state index contributed by atoms with van der Waals surface area (Å²) in [6.45, 7) is 4.73. The van der Waals surface area contributed by atoms with Crippen LogP contribution >= 0.6 is 0 Å². The van der Waals surface area contributed by atoms with Crippen LogP contribution in [-0.4, -0.2) is 59.0 Å². The molecular weight excluding hydrogens is 232 g/mol. The standard InChI is InChI=1S/C13H22N2O3/c1-10-4-7-15(11(8-10)13(17)18)9-12(16)14-5-2-3-6-14/h10-11H,2-9H2,1H3,(H,17,18). The number of carboxylic acids is 1. The minimum atomic E-state index is -0.796. The molecule has 2 saturated heterocycles. The normalized spacial score (nSPS) is 29.5. The van der Waals surface area contributed by atoms with E-state index in [-0.39, 0.29) is 12.5 Å². The van der Waals surface area contributed by atoms with Gasteiger partial charge < -0.3 is 10.0 Å². The summed E-state index contributed by atoms with van der Waals surface area (Å²) in [5.41, 5.74) is 0. The monoisotopic (exact) mass is 254 g/mol. The first-order chi connectivity index (χ1) is 8.58. The first-order valence-electron chi connectivity index (χ1n) is 6.82. The number of carbonyl (C=O) groups is 2. The highest BCUT2D eigenvalue weighted by Crippen LogP contribution is 2.23. The second-order valence-electron chi connectivity index (χ2n) is 5.54. The molecule has 102 valence electrons. The summed E-state index contributed by atoms with van der Waals surface area (Å²) < 4.78 is 0. The van der Waals surface area contributed by atoms with Crippen LogP contribution in [0.2, 0.25) is 0 Å². The van der Waals surface area contributed by atoms with Crippen LogP contribution in [0.4, 0.5) is 0 Å². The Morgan fingerprint density at radius 3 is 2.50 bits per heavy atom. The smallest absolute Gasteiger partial charge is 0.320 e. The number of carboxylic acid groups (broad SMARTS) is 1. The molecule has 0 spiro atoms. The third-order valence-corrected chi connectivity index (χ3v) is 4.06. The summed E-state index contributed by atoms with van der Waals surface area (Å²) in [6, 6.07) is -0.486. The number of hydrogen-bond acceptors (Lipinski definition) is 3. The molecule has 2 fully saturated rings. The van der Waals surface area contributed by atoms with E-state index in [9.17, 15) is 14.7 Å². The molecule has 0 aromatic heterocycles. The van der Waals surface area contributed by atoms with Crippen molar-refractivity contribution in [1.82, 2.24) is 9.80 Å². The van der Waals surface area contributed by atoms with Crippen molar-refractivity contribution in [3.63, 3.8) is 0 Å². The summed E-state index contributed by atoms with van der Waals surface area (Å²) in [6.07, 6.45) is 3.79. The molecule has 18 heavy (non-hydrogen) atoms. The van der Waals surface area contributed by atoms with E-state index in [0.29, 0.717) is 12.3 Å². The lowest BCUT2D eigenvalue weighted by atomic mass is 9.92. The summed E-state index contributed by atoms with van der Waals surface area (Å²) in [5.74, 6) is -0.270. The molecule has 0 radical (unpaired) electrons. The molecule has 2 heterocycles. The Bertz CT molecular complexity index is 326. The van der Waals surface area contributed by atoms with Crippen molar-refractivity contribution in [2.75, 3.05) is 26.2 Å². The van der Waals surface area contributed by atoms with E-state index in [1.165, 1.54) is 0 Å². The first-order valence-corrected chi connectivity index (χ1v) is 6.82. The van der Waals surface area contributed by atoms with Crippen LogP contribution in [0.15, 0.2) is 0 Å². The van der Waals surface area contributed by atoms with Crippen molar-refractivity contribution in [2.45, 2.75) is 38.6 Å². The van der Waals surface area contributed by atoms with E-state index in [1.807, 2.05) is 9.80 Å². The second-order valence-corrected chi connectivity index (χ2v) is 5.54. The van der Waals surface area contributed by atoms with Gasteiger partial charge in [-0.1, -0.05) is 6.92 Å². The summed E-state index contributed by atoms with van der Waals surface area (Å²) >= 11 is 0. The Balaban J connectivity index is 1.93. The third kappa shape index (κ3) is 3.02. The van der Waals surface area contributed by atoms with Gasteiger partial charge in [0, 0.05) is 13.1 Å². The molecule has 0 aromatic carbocycles. The molecule has 2 aliphatic rings. The lowest BCUT2D eigenvalue weighted by molar-refractivity contribution is -0.147. The van der Waals surface area contributed by atoms with Crippen molar-refractivity contribution in [2.24, 2.45) is 5.92 Å². The zero-order valence-corrected chi connectivity index (χ0v) is 11.0. The number of likely N-dealkylation sites (tertiary alicyclic amines) is 2. The maximum Gasteiger partial charge on any atom is 0.320 e. The fourth-order valence-electron chi connectivity index (χ4n) is 2.88. The lowest BCUT2D eigenvalue weighted by Gasteiger charge is -2.36. The minimum absolute atomic E-state index is 0.0910. The number of aliphatic carboxylic acids is 1. The minimum Gasteiger partial charge on any atom is -0.480 e. The molecule has 0 aromatic rings. The molecule has 2 aliphatic heterocycles. The average Bonchev–Trinajstić information content (AvgIpc) is 2.84. The predicted octanol–water partition coefficient (Wildman–Crippen LogP) is 0.794. The molecule has 2 atom stereocenters. The Labute approximate surface area is 108 Å². The molecule has 2 unspecified atom stereocenters. The average molecular weight is 254 g/mol. The first kappa shape index (κ1) is 13.3. The molecular formula is C13H22N2O3. The van der Waals surface area contributed by atoms with E-state index in [1.54, 1.807) is 0 Å². The summed E-state index contributed by atoms with van der Waals surface area (Å²) in [7, 11) is 0. The van der Waals surface area contributed by atoms with Gasteiger partial charge in [0.05, 0.1) is 6.54 Å². The van der Waals surface area contributed by atoms with Gasteiger partial charge in [-0.25, -0.2) is 0 Å². The van der Waals surface area contributed by atoms with Gasteiger partial charge in [-0.2, -0.15) is 0 Å². The molecule has 0 aliphatic carbocycles. The molecule has 0 bridgehead atoms. The van der Waals surface area contributed by atoms with Gasteiger partial charge in [-0.15, -0.1) is 0 Å². The Kier molecular flexibility index (Phi) is 4.22. The van der Waals surface area contributed by atoms with Crippen molar-refractivity contribution in [1.29, 1.82) is 0 Å². The predicted molar refractivity (Wildman–Crippen MR) is 67.2 cm³/mol. The van der Waals surface area contributed by atoms with E-state index in [2.05, 4.69) is 6.92 Å². The molecule has 1 amide bonds. The van der Waals surface area contributed by atoms with Gasteiger partial charge in [0.25, 0.3) is 0 Å². The molecule has 5 heteroatoms. The number of carbonyl (C=O) groups excluding carboxylic acids is 1. The Hall–Kier alpha value is -1.10. The third-order valence-electron chi connectivity index (χ3n) is 4.06. The van der Waals surface area contributed by atoms with E-state index < -0.39 is 12.0 Å². The van der Waals surface area contributed by atoms with Gasteiger partial charge in [0.15, 0.2) is 0 Å². The van der Waals surface area contributed by atoms with Crippen molar-refractivity contribution >= 4 is 11.9 Å². The fraction of sp³-hybridized carbons (Fsp3) is 0.846. The maximum absolute atomic E-state index is 12.1. The molecule has 1 N–H and O–H groups in total. The number of piperidine rings is 1. The highest BCUT2D eigenvalue weighted by molar-refractivity contribution is 5.80. The Morgan fingerprint density at radius 2 is 1.89 bits per heavy atom. The SMILES string of the molecule is CC1CCN(CC(=O)N2CCCC2)C(C(=O)O)C1. The highest BCUT2D eigenvalue weighted by Gasteiger charge is 2.33. The van der Waals surface area contributed by atoms with Gasteiger partial charge in [-0.3, -0.25) is 14.5 Å². The topological polar surface area (TPSA) is 60.9 Å². The van der Waals surface area contributed by atoms with Crippen molar-refractivity contribution in [3.05, 3.63) is 0 Å². The molecule has 0 saturated carbocycles. The Morgan fingerprint density at radius 1 is 1.22 bits per heavy atom. The van der Waals surface area contributed by atoms with Crippen LogP contribution in [0.5, 0.6) is 0 Å². The zero-order valence-electron chi connectivity index (χ0n) is 11.0. The van der Waals surface area contributed by atoms with E-state index in [0.717, 1.165) is 38.9 Å². The van der Waals surface area contributed by atoms with Crippen molar-refractivity contribution < 1.29 is 14.7 Å². The van der Waals surface area contributed by atoms with Crippen LogP contribution in [0.3, 0.4) is 0 Å². The molecule has 2 rings (SSSR count). The largest absolute Gasteiger partial charge is 0.480 e. The second kappa shape index (κ2) is 5.69. The number of nitrogens with zero attached hydrogens (tertiary/aromatic N) is 2.